The minimum Gasteiger partial charge on any atom is -0.726 e. The van der Waals surface area contributed by atoms with E-state index in [4.69, 9.17) is 75.8 Å². The van der Waals surface area contributed by atoms with Crippen LogP contribution in [-0.2, 0) is 187 Å². The molecule has 0 radical (unpaired) electrons. The number of carboxylic acids is 2. The van der Waals surface area contributed by atoms with E-state index in [0.717, 1.165) is 35.5 Å². The van der Waals surface area contributed by atoms with Gasteiger partial charge in [-0.05, 0) is 6.42 Å². The van der Waals surface area contributed by atoms with Gasteiger partial charge < -0.3 is 127 Å². The first-order chi connectivity index (χ1) is 43.2. The highest BCUT2D eigenvalue weighted by atomic mass is 32.3. The van der Waals surface area contributed by atoms with Crippen molar-refractivity contribution in [3.05, 3.63) is 0 Å². The van der Waals surface area contributed by atoms with Crippen LogP contribution >= 0.6 is 0 Å². The van der Waals surface area contributed by atoms with Crippen molar-refractivity contribution in [2.75, 3.05) is 76.7 Å². The van der Waals surface area contributed by atoms with E-state index in [0.29, 0.717) is 21.3 Å². The maximum atomic E-state index is 13.2. The van der Waals surface area contributed by atoms with Crippen LogP contribution in [0.25, 0.3) is 0 Å². The molecule has 0 aromatic rings. The Morgan fingerprint density at radius 1 is 0.298 bits per heavy atom. The summed E-state index contributed by atoms with van der Waals surface area (Å²) in [4.78, 5) is 26.3. The van der Waals surface area contributed by atoms with Crippen molar-refractivity contribution in [3.8, 4) is 0 Å². The molecule has 25 unspecified atom stereocenters. The zero-order valence-corrected chi connectivity index (χ0v) is 54.4. The van der Waals surface area contributed by atoms with Gasteiger partial charge in [-0.3, -0.25) is 29.3 Å². The summed E-state index contributed by atoms with van der Waals surface area (Å²) in [5.41, 5.74) is 0. The highest BCUT2D eigenvalue weighted by Gasteiger charge is 2.61. The molecule has 55 heteroatoms. The van der Waals surface area contributed by atoms with E-state index in [1.54, 1.807) is 0 Å². The van der Waals surface area contributed by atoms with Gasteiger partial charge in [0.05, 0.1) is 44.0 Å². The number of carboxylic acid groups (broad SMARTS) is 2. The Labute approximate surface area is 534 Å². The second-order valence-corrected chi connectivity index (χ2v) is 26.8. The molecule has 0 N–H and O–H groups in total. The van der Waals surface area contributed by atoms with Gasteiger partial charge in [-0.25, -0.2) is 58.9 Å². The predicted molar refractivity (Wildman–Crippen MR) is 264 cm³/mol. The van der Waals surface area contributed by atoms with Gasteiger partial charge in [-0.15, -0.1) is 0 Å². The fraction of sp³-hybridized carbons (Fsp3) is 0.949. The van der Waals surface area contributed by atoms with Gasteiger partial charge in [0.1, 0.15) is 97.7 Å². The first kappa shape index (κ1) is 82.1. The second kappa shape index (κ2) is 33.2. The zero-order chi connectivity index (χ0) is 71.2. The van der Waals surface area contributed by atoms with Crippen LogP contribution in [0, 0.1) is 5.92 Å². The Hall–Kier alpha value is -2.61. The van der Waals surface area contributed by atoms with Gasteiger partial charge in [0.15, 0.2) is 37.4 Å². The quantitative estimate of drug-likeness (QED) is 0.0420. The lowest BCUT2D eigenvalue weighted by Crippen LogP contribution is -2.70. The molecule has 0 spiro atoms. The van der Waals surface area contributed by atoms with Gasteiger partial charge >= 0.3 is 0 Å². The Balaban J connectivity index is 1.63. The number of hydrogen-bond donors (Lipinski definition) is 0. The minimum absolute atomic E-state index is 0.644. The lowest BCUT2D eigenvalue weighted by Gasteiger charge is -2.52. The van der Waals surface area contributed by atoms with E-state index in [2.05, 4.69) is 29.3 Å². The van der Waals surface area contributed by atoms with Crippen molar-refractivity contribution in [2.45, 2.75) is 154 Å². The third-order valence-electron chi connectivity index (χ3n) is 14.1. The minimum atomic E-state index is -6.50. The Morgan fingerprint density at radius 2 is 0.596 bits per heavy atom. The molecule has 48 nitrogen and oxygen atoms in total. The van der Waals surface area contributed by atoms with E-state index in [1.807, 2.05) is 0 Å². The average Bonchev–Trinajstić information content (AvgIpc) is 0.763. The molecule has 5 aliphatic rings. The number of ether oxygens (including phenoxy) is 16. The summed E-state index contributed by atoms with van der Waals surface area (Å²) in [6, 6.07) is 0. The van der Waals surface area contributed by atoms with Gasteiger partial charge in [-0.2, -0.15) is 0 Å². The summed E-state index contributed by atoms with van der Waals surface area (Å²) < 4.78 is 373. The molecule has 5 saturated heterocycles. The predicted octanol–water partition coefficient (Wildman–Crippen LogP) is -12.1. The Kier molecular flexibility index (Phi) is 29.0. The standard InChI is InChI=1S/C39H66O48S7/c1-65-18-13(9-14-20(66-2)24(68-4)21(67-3)15(76-14)10-73-88(44,45)46)19(34(40)41)79-37(30(18)70-6)80-23-17(12-75-90(50,51)52)78-39(33(87-94(62,63)64)28(23)85-92(56,57)58)82-26-25(69-5)31(71-7)38(83-29(26)35(42)43)81-22-16(11-74-89(47,48)49)77-36(72-8)32(86-93(59,60)61)27(22)84-91(53,54)55/h13-33,36-39H,9-12H2,1-8H3,(H,40,41)(H,42,43)(H,44,45,46)(H,47,48,49)(H,50,51,52)(H,53,54,55)(H,56,57,58)(H,59,60,61)(H,62,63,64)/p-9. The summed E-state index contributed by atoms with van der Waals surface area (Å²) in [5.74, 6) is -6.45. The van der Waals surface area contributed by atoms with E-state index in [-0.39, 0.29) is 0 Å². The number of hydrogen-bond acceptors (Lipinski definition) is 48. The molecule has 5 rings (SSSR count). The van der Waals surface area contributed by atoms with E-state index >= 15 is 0 Å². The smallest absolute Gasteiger partial charge is 0.218 e. The Morgan fingerprint density at radius 3 is 0.947 bits per heavy atom. The molecule has 0 aliphatic carbocycles. The van der Waals surface area contributed by atoms with Crippen LogP contribution in [0.4, 0.5) is 0 Å². The molecule has 5 fully saturated rings. The molecular formula is C39H57O48S7-9. The molecule has 0 aromatic carbocycles. The third kappa shape index (κ3) is 22.7. The van der Waals surface area contributed by atoms with Crippen LogP contribution in [0.3, 0.4) is 0 Å². The van der Waals surface area contributed by atoms with Crippen LogP contribution in [0.5, 0.6) is 0 Å². The number of rotatable bonds is 35. The van der Waals surface area contributed by atoms with Crippen molar-refractivity contribution in [1.29, 1.82) is 0 Å². The molecule has 552 valence electrons. The zero-order valence-electron chi connectivity index (χ0n) is 48.7. The first-order valence-electron chi connectivity index (χ1n) is 25.5. The fourth-order valence-electron chi connectivity index (χ4n) is 10.8. The summed E-state index contributed by atoms with van der Waals surface area (Å²) in [5, 5.41) is 26.3. The van der Waals surface area contributed by atoms with E-state index in [9.17, 15) is 111 Å². The van der Waals surface area contributed by atoms with E-state index in [1.165, 1.54) is 0 Å². The van der Waals surface area contributed by atoms with Gasteiger partial charge in [-0.1, -0.05) is 0 Å². The molecule has 0 saturated carbocycles. The molecule has 0 amide bonds. The maximum absolute atomic E-state index is 13.2. The fourth-order valence-corrected chi connectivity index (χ4v) is 13.6. The third-order valence-corrected chi connectivity index (χ3v) is 17.2. The van der Waals surface area contributed by atoms with E-state index < -0.39 is 264 Å². The lowest BCUT2D eigenvalue weighted by molar-refractivity contribution is -0.395. The Bertz CT molecular complexity index is 3340. The molecule has 25 atom stereocenters. The average molecular weight is 1520 g/mol. The lowest BCUT2D eigenvalue weighted by atomic mass is 9.81. The molecular weight excluding hydrogens is 1460 g/mol. The van der Waals surface area contributed by atoms with Gasteiger partial charge in [0.2, 0.25) is 72.8 Å². The summed E-state index contributed by atoms with van der Waals surface area (Å²) in [7, 11) is -35.5. The van der Waals surface area contributed by atoms with Crippen LogP contribution in [0.1, 0.15) is 6.42 Å². The number of aliphatic carboxylic acids is 2. The van der Waals surface area contributed by atoms with Crippen molar-refractivity contribution < 1.29 is 216 Å². The van der Waals surface area contributed by atoms with Crippen molar-refractivity contribution in [1.82, 2.24) is 0 Å². The van der Waals surface area contributed by atoms with Crippen LogP contribution < -0.4 is 10.2 Å². The SMILES string of the molecule is COC1OC(COS(=O)(=O)[O-])C(OC2OC(C(=O)[O-])C(OC3OC(COS(=O)(=O)[O-])C(OC4OC(C(=O)[O-])C(CC5OC(COS(=O)(=O)[O-])C(OC)C(OC)C5OC)C(OC)C4OC)C(OS(=O)(=O)[O-])C3OS(=O)(=O)[O-])C(OC)C2OC)C(OS(=O)(=O)[O-])C1OS(=O)(=O)[O-]. The molecule has 5 aliphatic heterocycles. The van der Waals surface area contributed by atoms with Crippen LogP contribution in [0.2, 0.25) is 0 Å². The molecule has 94 heavy (non-hydrogen) atoms. The van der Waals surface area contributed by atoms with Gasteiger partial charge in [0, 0.05) is 62.8 Å². The van der Waals surface area contributed by atoms with Crippen molar-refractivity contribution >= 4 is 84.7 Å². The number of carbonyl (C=O) groups excluding carboxylic acids is 2. The van der Waals surface area contributed by atoms with Crippen molar-refractivity contribution in [3.63, 3.8) is 0 Å². The largest absolute Gasteiger partial charge is 0.726 e. The summed E-state index contributed by atoms with van der Waals surface area (Å²) in [6.07, 6.45) is -58.4. The highest BCUT2D eigenvalue weighted by Crippen LogP contribution is 2.42. The summed E-state index contributed by atoms with van der Waals surface area (Å²) in [6.45, 7) is -4.58. The normalized spacial score (nSPS) is 37.6. The van der Waals surface area contributed by atoms with Crippen LogP contribution in [0.15, 0.2) is 0 Å². The highest BCUT2D eigenvalue weighted by molar-refractivity contribution is 7.82. The second-order valence-electron chi connectivity index (χ2n) is 19.6. The monoisotopic (exact) mass is 1520 g/mol. The number of carbonyl (C=O) groups is 2. The molecule has 0 aromatic heterocycles. The maximum Gasteiger partial charge on any atom is 0.218 e. The molecule has 0 bridgehead atoms. The van der Waals surface area contributed by atoms with Crippen molar-refractivity contribution in [2.24, 2.45) is 5.92 Å². The van der Waals surface area contributed by atoms with Gasteiger partial charge in [0.25, 0.3) is 0 Å². The first-order valence-corrected chi connectivity index (χ1v) is 34.8. The number of methoxy groups -OCH3 is 8. The topological polar surface area (TPSA) is 693 Å². The summed E-state index contributed by atoms with van der Waals surface area (Å²) >= 11 is 0. The molecule has 5 heterocycles. The van der Waals surface area contributed by atoms with Crippen LogP contribution in [-0.4, -0.2) is 327 Å².